The smallest absolute Gasteiger partial charge is 0.241 e. The third-order valence-corrected chi connectivity index (χ3v) is 3.25. The van der Waals surface area contributed by atoms with Crippen LogP contribution in [0.3, 0.4) is 0 Å². The van der Waals surface area contributed by atoms with E-state index in [0.29, 0.717) is 0 Å². The molecule has 1 unspecified atom stereocenters. The lowest BCUT2D eigenvalue weighted by molar-refractivity contribution is -0.117. The maximum atomic E-state index is 11.9. The Morgan fingerprint density at radius 3 is 2.84 bits per heavy atom. The molecule has 0 saturated carbocycles. The summed E-state index contributed by atoms with van der Waals surface area (Å²) in [7, 11) is 0. The summed E-state index contributed by atoms with van der Waals surface area (Å²) < 4.78 is 5.21. The SMILES string of the molecule is O=C(Nc1ccc(-c2cnco2)cc1)C1CCCN1. The standard InChI is InChI=1S/C14H15N3O2/c18-14(12-2-1-7-16-12)17-11-5-3-10(4-6-11)13-8-15-9-19-13/h3-6,8-9,12,16H,1-2,7H2,(H,17,18). The largest absolute Gasteiger partial charge is 0.444 e. The van der Waals surface area contributed by atoms with Gasteiger partial charge in [0.25, 0.3) is 0 Å². The molecule has 5 nitrogen and oxygen atoms in total. The molecule has 1 amide bonds. The number of anilines is 1. The van der Waals surface area contributed by atoms with Crippen molar-refractivity contribution in [1.29, 1.82) is 0 Å². The van der Waals surface area contributed by atoms with Crippen molar-refractivity contribution in [2.24, 2.45) is 0 Å². The highest BCUT2D eigenvalue weighted by Gasteiger charge is 2.21. The van der Waals surface area contributed by atoms with E-state index in [1.807, 2.05) is 24.3 Å². The van der Waals surface area contributed by atoms with Crippen LogP contribution in [0.5, 0.6) is 0 Å². The van der Waals surface area contributed by atoms with Crippen LogP contribution >= 0.6 is 0 Å². The molecular weight excluding hydrogens is 242 g/mol. The summed E-state index contributed by atoms with van der Waals surface area (Å²) in [6, 6.07) is 7.47. The zero-order valence-corrected chi connectivity index (χ0v) is 10.4. The van der Waals surface area contributed by atoms with Crippen molar-refractivity contribution in [3.05, 3.63) is 36.9 Å². The zero-order valence-electron chi connectivity index (χ0n) is 10.4. The molecule has 19 heavy (non-hydrogen) atoms. The maximum absolute atomic E-state index is 11.9. The number of amides is 1. The first-order valence-corrected chi connectivity index (χ1v) is 6.36. The van der Waals surface area contributed by atoms with Gasteiger partial charge in [0.2, 0.25) is 5.91 Å². The summed E-state index contributed by atoms with van der Waals surface area (Å²) in [4.78, 5) is 15.8. The van der Waals surface area contributed by atoms with Gasteiger partial charge in [-0.2, -0.15) is 0 Å². The Kier molecular flexibility index (Phi) is 3.29. The first-order valence-electron chi connectivity index (χ1n) is 6.36. The van der Waals surface area contributed by atoms with Crippen LogP contribution in [-0.4, -0.2) is 23.5 Å². The molecule has 1 atom stereocenters. The highest BCUT2D eigenvalue weighted by atomic mass is 16.3. The fraction of sp³-hybridized carbons (Fsp3) is 0.286. The number of hydrogen-bond donors (Lipinski definition) is 2. The lowest BCUT2D eigenvalue weighted by atomic mass is 10.1. The molecule has 2 aromatic rings. The minimum absolute atomic E-state index is 0.0323. The maximum Gasteiger partial charge on any atom is 0.241 e. The number of hydrogen-bond acceptors (Lipinski definition) is 4. The normalized spacial score (nSPS) is 18.4. The molecule has 3 rings (SSSR count). The predicted molar refractivity (Wildman–Crippen MR) is 71.6 cm³/mol. The molecule has 0 spiro atoms. The molecule has 1 aromatic carbocycles. The van der Waals surface area contributed by atoms with Crippen LogP contribution in [0.15, 0.2) is 41.3 Å². The van der Waals surface area contributed by atoms with E-state index in [0.717, 1.165) is 36.4 Å². The van der Waals surface area contributed by atoms with Gasteiger partial charge in [0, 0.05) is 11.3 Å². The Bertz CT molecular complexity index is 543. The predicted octanol–water partition coefficient (Wildman–Crippen LogP) is 2.03. The summed E-state index contributed by atoms with van der Waals surface area (Å²) in [5.74, 6) is 0.750. The molecule has 0 aliphatic carbocycles. The Morgan fingerprint density at radius 2 is 2.21 bits per heavy atom. The van der Waals surface area contributed by atoms with Gasteiger partial charge in [-0.1, -0.05) is 0 Å². The monoisotopic (exact) mass is 257 g/mol. The number of rotatable bonds is 3. The van der Waals surface area contributed by atoms with Crippen molar-refractivity contribution in [3.63, 3.8) is 0 Å². The molecule has 5 heteroatoms. The van der Waals surface area contributed by atoms with E-state index in [-0.39, 0.29) is 11.9 Å². The second-order valence-electron chi connectivity index (χ2n) is 4.58. The zero-order chi connectivity index (χ0) is 13.1. The minimum atomic E-state index is -0.0612. The van der Waals surface area contributed by atoms with E-state index in [1.54, 1.807) is 6.20 Å². The first-order chi connectivity index (χ1) is 9.33. The third kappa shape index (κ3) is 2.66. The molecule has 2 heterocycles. The minimum Gasteiger partial charge on any atom is -0.444 e. The quantitative estimate of drug-likeness (QED) is 0.883. The number of aromatic nitrogens is 1. The lowest BCUT2D eigenvalue weighted by Crippen LogP contribution is -2.35. The van der Waals surface area contributed by atoms with Crippen LogP contribution in [-0.2, 0) is 4.79 Å². The van der Waals surface area contributed by atoms with Crippen molar-refractivity contribution < 1.29 is 9.21 Å². The number of nitrogens with zero attached hydrogens (tertiary/aromatic N) is 1. The van der Waals surface area contributed by atoms with Crippen molar-refractivity contribution in [1.82, 2.24) is 10.3 Å². The van der Waals surface area contributed by atoms with Crippen LogP contribution in [0.2, 0.25) is 0 Å². The van der Waals surface area contributed by atoms with E-state index in [1.165, 1.54) is 6.39 Å². The summed E-state index contributed by atoms with van der Waals surface area (Å²) in [5.41, 5.74) is 1.73. The Balaban J connectivity index is 1.67. The summed E-state index contributed by atoms with van der Waals surface area (Å²) >= 11 is 0. The molecule has 2 N–H and O–H groups in total. The van der Waals surface area contributed by atoms with E-state index >= 15 is 0 Å². The number of benzene rings is 1. The molecule has 0 radical (unpaired) electrons. The molecule has 1 aromatic heterocycles. The van der Waals surface area contributed by atoms with Crippen molar-refractivity contribution >= 4 is 11.6 Å². The number of carbonyl (C=O) groups excluding carboxylic acids is 1. The van der Waals surface area contributed by atoms with Gasteiger partial charge in [0.15, 0.2) is 12.2 Å². The summed E-state index contributed by atoms with van der Waals surface area (Å²) in [5, 5.41) is 6.08. The van der Waals surface area contributed by atoms with Gasteiger partial charge in [-0.25, -0.2) is 4.98 Å². The fourth-order valence-electron chi connectivity index (χ4n) is 2.21. The second kappa shape index (κ2) is 5.24. The number of carbonyl (C=O) groups is 1. The van der Waals surface area contributed by atoms with Crippen molar-refractivity contribution in [3.8, 4) is 11.3 Å². The van der Waals surface area contributed by atoms with Gasteiger partial charge < -0.3 is 15.1 Å². The third-order valence-electron chi connectivity index (χ3n) is 3.25. The number of oxazole rings is 1. The molecule has 1 aliphatic rings. The van der Waals surface area contributed by atoms with Gasteiger partial charge in [-0.05, 0) is 43.7 Å². The van der Waals surface area contributed by atoms with Gasteiger partial charge in [-0.15, -0.1) is 0 Å². The highest BCUT2D eigenvalue weighted by Crippen LogP contribution is 2.21. The van der Waals surface area contributed by atoms with E-state index < -0.39 is 0 Å². The Labute approximate surface area is 111 Å². The van der Waals surface area contributed by atoms with Crippen LogP contribution in [0, 0.1) is 0 Å². The van der Waals surface area contributed by atoms with Crippen LogP contribution in [0.1, 0.15) is 12.8 Å². The van der Waals surface area contributed by atoms with E-state index in [4.69, 9.17) is 4.42 Å². The van der Waals surface area contributed by atoms with Gasteiger partial charge in [-0.3, -0.25) is 4.79 Å². The Morgan fingerprint density at radius 1 is 1.37 bits per heavy atom. The summed E-state index contributed by atoms with van der Waals surface area (Å²) in [6.07, 6.45) is 5.03. The molecule has 98 valence electrons. The first kappa shape index (κ1) is 11.9. The van der Waals surface area contributed by atoms with Crippen molar-refractivity contribution in [2.45, 2.75) is 18.9 Å². The van der Waals surface area contributed by atoms with E-state index in [2.05, 4.69) is 15.6 Å². The molecular formula is C14H15N3O2. The molecule has 0 bridgehead atoms. The fourth-order valence-corrected chi connectivity index (χ4v) is 2.21. The molecule has 1 aliphatic heterocycles. The lowest BCUT2D eigenvalue weighted by Gasteiger charge is -2.11. The van der Waals surface area contributed by atoms with Crippen LogP contribution in [0.4, 0.5) is 5.69 Å². The Hall–Kier alpha value is -2.14. The van der Waals surface area contributed by atoms with E-state index in [9.17, 15) is 4.79 Å². The van der Waals surface area contributed by atoms with Crippen LogP contribution in [0.25, 0.3) is 11.3 Å². The van der Waals surface area contributed by atoms with Gasteiger partial charge >= 0.3 is 0 Å². The number of nitrogens with one attached hydrogen (secondary N) is 2. The average Bonchev–Trinajstić information content (AvgIpc) is 3.13. The second-order valence-corrected chi connectivity index (χ2v) is 4.58. The van der Waals surface area contributed by atoms with Crippen molar-refractivity contribution in [2.75, 3.05) is 11.9 Å². The summed E-state index contributed by atoms with van der Waals surface area (Å²) in [6.45, 7) is 0.919. The average molecular weight is 257 g/mol. The van der Waals surface area contributed by atoms with Gasteiger partial charge in [0.1, 0.15) is 0 Å². The highest BCUT2D eigenvalue weighted by molar-refractivity contribution is 5.95. The topological polar surface area (TPSA) is 67.2 Å². The van der Waals surface area contributed by atoms with Gasteiger partial charge in [0.05, 0.1) is 12.2 Å². The van der Waals surface area contributed by atoms with Crippen LogP contribution < -0.4 is 10.6 Å². The molecule has 1 fully saturated rings. The molecule has 1 saturated heterocycles.